The second-order valence-corrected chi connectivity index (χ2v) is 4.96. The molecule has 1 nitrogen and oxygen atoms in total. The predicted octanol–water partition coefficient (Wildman–Crippen LogP) is 3.91. The van der Waals surface area contributed by atoms with Crippen LogP contribution in [-0.4, -0.2) is 12.7 Å². The van der Waals surface area contributed by atoms with Crippen molar-refractivity contribution in [2.45, 2.75) is 32.3 Å². The normalized spacial score (nSPS) is 20.9. The number of rotatable bonds is 3. The zero-order chi connectivity index (χ0) is 11.6. The molecule has 0 saturated heterocycles. The van der Waals surface area contributed by atoms with Crippen molar-refractivity contribution in [3.63, 3.8) is 0 Å². The number of methoxy groups -OCH3 is 1. The maximum absolute atomic E-state index is 5.63. The second kappa shape index (κ2) is 4.42. The Bertz CT molecular complexity index is 376. The van der Waals surface area contributed by atoms with Crippen molar-refractivity contribution < 1.29 is 4.74 Å². The van der Waals surface area contributed by atoms with E-state index in [0.29, 0.717) is 5.92 Å². The van der Waals surface area contributed by atoms with Gasteiger partial charge in [0.25, 0.3) is 0 Å². The molecule has 1 aromatic rings. The summed E-state index contributed by atoms with van der Waals surface area (Å²) in [5.74, 6) is 0.514. The van der Waals surface area contributed by atoms with E-state index < -0.39 is 0 Å². The summed E-state index contributed by atoms with van der Waals surface area (Å²) in [5, 5.41) is 0. The Kier molecular flexibility index (Phi) is 3.15. The van der Waals surface area contributed by atoms with Crippen LogP contribution < -0.4 is 0 Å². The molecule has 1 aromatic carbocycles. The van der Waals surface area contributed by atoms with Crippen LogP contribution in [0.25, 0.3) is 5.57 Å². The third-order valence-electron chi connectivity index (χ3n) is 3.67. The van der Waals surface area contributed by atoms with Crippen LogP contribution in [0.3, 0.4) is 0 Å². The van der Waals surface area contributed by atoms with Crippen LogP contribution in [0.2, 0.25) is 0 Å². The highest BCUT2D eigenvalue weighted by Crippen LogP contribution is 2.41. The lowest BCUT2D eigenvalue weighted by molar-refractivity contribution is -0.00898. The molecule has 16 heavy (non-hydrogen) atoms. The van der Waals surface area contributed by atoms with E-state index in [1.54, 1.807) is 7.11 Å². The minimum atomic E-state index is -0.0713. The summed E-state index contributed by atoms with van der Waals surface area (Å²) in [5.41, 5.74) is 2.72. The van der Waals surface area contributed by atoms with Crippen molar-refractivity contribution in [2.24, 2.45) is 5.92 Å². The molecule has 0 bridgehead atoms. The first-order valence-electron chi connectivity index (χ1n) is 5.96. The summed E-state index contributed by atoms with van der Waals surface area (Å²) in [6.45, 7) is 4.36. The summed E-state index contributed by atoms with van der Waals surface area (Å²) in [4.78, 5) is 0. The molecule has 1 aliphatic carbocycles. The molecule has 0 aromatic heterocycles. The molecule has 0 radical (unpaired) electrons. The van der Waals surface area contributed by atoms with Crippen LogP contribution >= 0.6 is 0 Å². The average molecular weight is 216 g/mol. The van der Waals surface area contributed by atoms with Gasteiger partial charge in [-0.2, -0.15) is 0 Å². The zero-order valence-corrected chi connectivity index (χ0v) is 10.4. The van der Waals surface area contributed by atoms with Gasteiger partial charge in [-0.15, -0.1) is 0 Å². The highest BCUT2D eigenvalue weighted by molar-refractivity contribution is 5.70. The Labute approximate surface area is 98.1 Å². The van der Waals surface area contributed by atoms with Crippen molar-refractivity contribution in [1.82, 2.24) is 0 Å². The molecule has 0 aliphatic heterocycles. The van der Waals surface area contributed by atoms with Crippen molar-refractivity contribution in [1.29, 1.82) is 0 Å². The van der Waals surface area contributed by atoms with Gasteiger partial charge in [0.15, 0.2) is 0 Å². The van der Waals surface area contributed by atoms with Crippen LogP contribution in [0.4, 0.5) is 0 Å². The topological polar surface area (TPSA) is 9.23 Å². The molecule has 1 heteroatoms. The molecule has 0 heterocycles. The minimum Gasteiger partial charge on any atom is -0.378 e. The van der Waals surface area contributed by atoms with Crippen LogP contribution in [0.5, 0.6) is 0 Å². The molecule has 1 aliphatic rings. The van der Waals surface area contributed by atoms with E-state index in [9.17, 15) is 0 Å². The number of benzene rings is 1. The lowest BCUT2D eigenvalue weighted by atomic mass is 9.82. The molecule has 0 saturated carbocycles. The molecular weight excluding hydrogens is 196 g/mol. The highest BCUT2D eigenvalue weighted by Gasteiger charge is 2.34. The molecule has 1 atom stereocenters. The van der Waals surface area contributed by atoms with E-state index in [1.807, 2.05) is 0 Å². The van der Waals surface area contributed by atoms with Crippen LogP contribution in [0, 0.1) is 5.92 Å². The summed E-state index contributed by atoms with van der Waals surface area (Å²) >= 11 is 0. The maximum Gasteiger partial charge on any atom is 0.0691 e. The Morgan fingerprint density at radius 3 is 2.50 bits per heavy atom. The van der Waals surface area contributed by atoms with Gasteiger partial charge in [0, 0.05) is 13.0 Å². The fourth-order valence-corrected chi connectivity index (χ4v) is 2.52. The third kappa shape index (κ3) is 2.05. The summed E-state index contributed by atoms with van der Waals surface area (Å²) in [7, 11) is 1.81. The van der Waals surface area contributed by atoms with Gasteiger partial charge in [0.05, 0.1) is 5.60 Å². The van der Waals surface area contributed by atoms with Crippen molar-refractivity contribution in [2.75, 3.05) is 7.11 Å². The number of hydrogen-bond acceptors (Lipinski definition) is 1. The molecule has 1 unspecified atom stereocenters. The Balaban J connectivity index is 2.29. The van der Waals surface area contributed by atoms with Gasteiger partial charge in [0.2, 0.25) is 0 Å². The lowest BCUT2D eigenvalue weighted by Gasteiger charge is -2.32. The van der Waals surface area contributed by atoms with E-state index in [2.05, 4.69) is 50.3 Å². The first-order chi connectivity index (χ1) is 7.65. The predicted molar refractivity (Wildman–Crippen MR) is 68.2 cm³/mol. The Morgan fingerprint density at radius 2 is 1.88 bits per heavy atom. The smallest absolute Gasteiger partial charge is 0.0691 e. The average Bonchev–Trinajstić information content (AvgIpc) is 2.80. The van der Waals surface area contributed by atoms with Gasteiger partial charge in [-0.1, -0.05) is 36.4 Å². The first kappa shape index (κ1) is 11.4. The lowest BCUT2D eigenvalue weighted by Crippen LogP contribution is -2.32. The molecular formula is C15H20O. The van der Waals surface area contributed by atoms with E-state index in [-0.39, 0.29) is 5.60 Å². The molecule has 2 rings (SSSR count). The highest BCUT2D eigenvalue weighted by atomic mass is 16.5. The summed E-state index contributed by atoms with van der Waals surface area (Å²) < 4.78 is 5.63. The molecule has 86 valence electrons. The fraction of sp³-hybridized carbons (Fsp3) is 0.467. The molecule has 0 N–H and O–H groups in total. The zero-order valence-electron chi connectivity index (χ0n) is 10.4. The van der Waals surface area contributed by atoms with Gasteiger partial charge in [0.1, 0.15) is 0 Å². The Morgan fingerprint density at radius 1 is 1.19 bits per heavy atom. The third-order valence-corrected chi connectivity index (χ3v) is 3.67. The van der Waals surface area contributed by atoms with Gasteiger partial charge in [-0.25, -0.2) is 0 Å². The fourth-order valence-electron chi connectivity index (χ4n) is 2.52. The number of ether oxygens (including phenoxy) is 1. The van der Waals surface area contributed by atoms with Gasteiger partial charge in [-0.3, -0.25) is 0 Å². The second-order valence-electron chi connectivity index (χ2n) is 4.96. The minimum absolute atomic E-state index is 0.0713. The van der Waals surface area contributed by atoms with Gasteiger partial charge >= 0.3 is 0 Å². The standard InChI is InChI=1S/C15H20O/c1-15(2,16-3)14-11-7-10-13(14)12-8-5-4-6-9-12/h4-6,8-10,14H,7,11H2,1-3H3. The summed E-state index contributed by atoms with van der Waals surface area (Å²) in [6.07, 6.45) is 4.73. The van der Waals surface area contributed by atoms with Crippen LogP contribution in [0.1, 0.15) is 32.3 Å². The SMILES string of the molecule is COC(C)(C)C1CCC=C1c1ccccc1. The van der Waals surface area contributed by atoms with Gasteiger partial charge < -0.3 is 4.74 Å². The Hall–Kier alpha value is -1.08. The van der Waals surface area contributed by atoms with Crippen LogP contribution in [0.15, 0.2) is 36.4 Å². The number of allylic oxidation sites excluding steroid dienone is 1. The maximum atomic E-state index is 5.63. The largest absolute Gasteiger partial charge is 0.378 e. The molecule has 0 amide bonds. The number of hydrogen-bond donors (Lipinski definition) is 0. The van der Waals surface area contributed by atoms with E-state index >= 15 is 0 Å². The van der Waals surface area contributed by atoms with Crippen molar-refractivity contribution >= 4 is 5.57 Å². The molecule has 0 fully saturated rings. The van der Waals surface area contributed by atoms with Crippen LogP contribution in [-0.2, 0) is 4.74 Å². The summed E-state index contributed by atoms with van der Waals surface area (Å²) in [6, 6.07) is 10.7. The monoisotopic (exact) mass is 216 g/mol. The van der Waals surface area contributed by atoms with E-state index in [4.69, 9.17) is 4.74 Å². The molecule has 0 spiro atoms. The van der Waals surface area contributed by atoms with Crippen molar-refractivity contribution in [3.05, 3.63) is 42.0 Å². The van der Waals surface area contributed by atoms with E-state index in [0.717, 1.165) is 0 Å². The van der Waals surface area contributed by atoms with Gasteiger partial charge in [-0.05, 0) is 37.8 Å². The van der Waals surface area contributed by atoms with E-state index in [1.165, 1.54) is 24.0 Å². The quantitative estimate of drug-likeness (QED) is 0.744. The van der Waals surface area contributed by atoms with Crippen molar-refractivity contribution in [3.8, 4) is 0 Å². The first-order valence-corrected chi connectivity index (χ1v) is 5.96.